The van der Waals surface area contributed by atoms with Crippen molar-refractivity contribution >= 4 is 11.3 Å². The van der Waals surface area contributed by atoms with Gasteiger partial charge < -0.3 is 5.32 Å². The first-order chi connectivity index (χ1) is 10.3. The van der Waals surface area contributed by atoms with Gasteiger partial charge in [0.15, 0.2) is 0 Å². The van der Waals surface area contributed by atoms with Crippen molar-refractivity contribution in [3.8, 4) is 0 Å². The largest absolute Gasteiger partial charge is 0.309 e. The summed E-state index contributed by atoms with van der Waals surface area (Å²) in [7, 11) is 0. The zero-order valence-corrected chi connectivity index (χ0v) is 14.5. The van der Waals surface area contributed by atoms with Crippen molar-refractivity contribution < 1.29 is 0 Å². The molecule has 2 aliphatic carbocycles. The van der Waals surface area contributed by atoms with Gasteiger partial charge in [-0.2, -0.15) is 0 Å². The SMILES string of the molecule is CCCNC1CCCc2sc(C3CCC(CC)CC3)nc21. The van der Waals surface area contributed by atoms with Gasteiger partial charge in [0, 0.05) is 10.8 Å². The molecule has 1 fully saturated rings. The summed E-state index contributed by atoms with van der Waals surface area (Å²) in [6, 6.07) is 0.533. The molecule has 1 heterocycles. The summed E-state index contributed by atoms with van der Waals surface area (Å²) in [6.45, 7) is 5.71. The second kappa shape index (κ2) is 7.23. The Morgan fingerprint density at radius 1 is 1.14 bits per heavy atom. The standard InChI is InChI=1S/C18H30N2S/c1-3-12-19-15-6-5-7-16-17(15)20-18(21-16)14-10-8-13(4-2)9-11-14/h13-15,19H,3-12H2,1-2H3. The van der Waals surface area contributed by atoms with E-state index >= 15 is 0 Å². The van der Waals surface area contributed by atoms with Crippen LogP contribution in [0.4, 0.5) is 0 Å². The highest BCUT2D eigenvalue weighted by molar-refractivity contribution is 7.11. The van der Waals surface area contributed by atoms with E-state index in [2.05, 4.69) is 19.2 Å². The molecule has 1 aromatic heterocycles. The molecular formula is C18H30N2S. The van der Waals surface area contributed by atoms with E-state index < -0.39 is 0 Å². The molecule has 0 bridgehead atoms. The van der Waals surface area contributed by atoms with Gasteiger partial charge in [-0.05, 0) is 63.8 Å². The fraction of sp³-hybridized carbons (Fsp3) is 0.833. The molecule has 0 aliphatic heterocycles. The van der Waals surface area contributed by atoms with Crippen molar-refractivity contribution in [1.29, 1.82) is 0 Å². The number of aromatic nitrogens is 1. The van der Waals surface area contributed by atoms with Crippen LogP contribution in [0.25, 0.3) is 0 Å². The highest BCUT2D eigenvalue weighted by atomic mass is 32.1. The minimum atomic E-state index is 0.533. The molecule has 1 atom stereocenters. The molecule has 3 rings (SSSR count). The van der Waals surface area contributed by atoms with Crippen molar-refractivity contribution in [1.82, 2.24) is 10.3 Å². The first-order valence-corrected chi connectivity index (χ1v) is 9.86. The molecule has 2 nitrogen and oxygen atoms in total. The van der Waals surface area contributed by atoms with E-state index in [1.165, 1.54) is 68.5 Å². The maximum Gasteiger partial charge on any atom is 0.0962 e. The maximum absolute atomic E-state index is 5.12. The molecule has 1 saturated carbocycles. The number of rotatable bonds is 5. The minimum absolute atomic E-state index is 0.533. The van der Waals surface area contributed by atoms with Gasteiger partial charge in [-0.25, -0.2) is 4.98 Å². The number of fused-ring (bicyclic) bond motifs is 1. The Labute approximate surface area is 133 Å². The lowest BCUT2D eigenvalue weighted by Crippen LogP contribution is -2.25. The quantitative estimate of drug-likeness (QED) is 0.808. The van der Waals surface area contributed by atoms with Gasteiger partial charge in [0.05, 0.1) is 16.7 Å². The lowest BCUT2D eigenvalue weighted by atomic mass is 9.81. The predicted octanol–water partition coefficient (Wildman–Crippen LogP) is 5.20. The summed E-state index contributed by atoms with van der Waals surface area (Å²) in [5, 5.41) is 5.16. The number of thiazole rings is 1. The van der Waals surface area contributed by atoms with Gasteiger partial charge in [0.1, 0.15) is 0 Å². The third-order valence-corrected chi connectivity index (χ3v) is 6.68. The summed E-state index contributed by atoms with van der Waals surface area (Å²) in [5.74, 6) is 1.74. The Morgan fingerprint density at radius 3 is 2.67 bits per heavy atom. The number of nitrogens with one attached hydrogen (secondary N) is 1. The van der Waals surface area contributed by atoms with E-state index in [4.69, 9.17) is 4.98 Å². The monoisotopic (exact) mass is 306 g/mol. The smallest absolute Gasteiger partial charge is 0.0962 e. The first kappa shape index (κ1) is 15.5. The molecule has 0 amide bonds. The maximum atomic E-state index is 5.12. The molecule has 1 N–H and O–H groups in total. The van der Waals surface area contributed by atoms with Crippen LogP contribution < -0.4 is 5.32 Å². The zero-order valence-electron chi connectivity index (χ0n) is 13.7. The summed E-state index contributed by atoms with van der Waals surface area (Å²) in [6.07, 6.45) is 12.0. The average molecular weight is 307 g/mol. The molecule has 1 aromatic rings. The highest BCUT2D eigenvalue weighted by Gasteiger charge is 2.28. The zero-order chi connectivity index (χ0) is 14.7. The van der Waals surface area contributed by atoms with Gasteiger partial charge in [-0.1, -0.05) is 20.3 Å². The average Bonchev–Trinajstić information content (AvgIpc) is 2.97. The van der Waals surface area contributed by atoms with Gasteiger partial charge in [0.2, 0.25) is 0 Å². The summed E-state index contributed by atoms with van der Waals surface area (Å²) in [4.78, 5) is 6.70. The third kappa shape index (κ3) is 3.50. The normalized spacial score (nSPS) is 29.3. The van der Waals surface area contributed by atoms with Crippen LogP contribution >= 0.6 is 11.3 Å². The Balaban J connectivity index is 1.69. The summed E-state index contributed by atoms with van der Waals surface area (Å²) >= 11 is 2.04. The topological polar surface area (TPSA) is 24.9 Å². The second-order valence-electron chi connectivity index (χ2n) is 6.89. The molecule has 0 radical (unpaired) electrons. The molecule has 2 aliphatic rings. The van der Waals surface area contributed by atoms with Crippen molar-refractivity contribution in [2.75, 3.05) is 6.54 Å². The van der Waals surface area contributed by atoms with E-state index in [1.807, 2.05) is 11.3 Å². The number of aryl methyl sites for hydroxylation is 1. The number of hydrogen-bond donors (Lipinski definition) is 1. The van der Waals surface area contributed by atoms with Gasteiger partial charge >= 0.3 is 0 Å². The first-order valence-electron chi connectivity index (χ1n) is 9.04. The third-order valence-electron chi connectivity index (χ3n) is 5.38. The number of nitrogens with zero attached hydrogens (tertiary/aromatic N) is 1. The molecule has 1 unspecified atom stereocenters. The van der Waals surface area contributed by atoms with Crippen LogP contribution in [0.5, 0.6) is 0 Å². The van der Waals surface area contributed by atoms with Gasteiger partial charge in [-0.15, -0.1) is 11.3 Å². The van der Waals surface area contributed by atoms with Crippen molar-refractivity contribution in [3.63, 3.8) is 0 Å². The van der Waals surface area contributed by atoms with Gasteiger partial charge in [0.25, 0.3) is 0 Å². The van der Waals surface area contributed by atoms with Crippen molar-refractivity contribution in [3.05, 3.63) is 15.6 Å². The molecule has 21 heavy (non-hydrogen) atoms. The lowest BCUT2D eigenvalue weighted by Gasteiger charge is -2.26. The van der Waals surface area contributed by atoms with E-state index in [0.29, 0.717) is 6.04 Å². The Morgan fingerprint density at radius 2 is 1.95 bits per heavy atom. The molecule has 118 valence electrons. The predicted molar refractivity (Wildman–Crippen MR) is 91.1 cm³/mol. The Kier molecular flexibility index (Phi) is 5.33. The second-order valence-corrected chi connectivity index (χ2v) is 8.00. The van der Waals surface area contributed by atoms with Crippen LogP contribution in [0, 0.1) is 5.92 Å². The fourth-order valence-corrected chi connectivity index (χ4v) is 5.28. The number of hydrogen-bond acceptors (Lipinski definition) is 3. The van der Waals surface area contributed by atoms with E-state index in [1.54, 1.807) is 4.88 Å². The van der Waals surface area contributed by atoms with Crippen molar-refractivity contribution in [2.45, 2.75) is 83.6 Å². The molecule has 3 heteroatoms. The van der Waals surface area contributed by atoms with Crippen LogP contribution in [0.3, 0.4) is 0 Å². The van der Waals surface area contributed by atoms with Crippen LogP contribution in [0.15, 0.2) is 0 Å². The Bertz CT molecular complexity index is 446. The van der Waals surface area contributed by atoms with E-state index in [0.717, 1.165) is 18.4 Å². The van der Waals surface area contributed by atoms with Crippen LogP contribution in [-0.2, 0) is 6.42 Å². The van der Waals surface area contributed by atoms with E-state index in [9.17, 15) is 0 Å². The molecular weight excluding hydrogens is 276 g/mol. The fourth-order valence-electron chi connectivity index (χ4n) is 3.95. The van der Waals surface area contributed by atoms with Crippen molar-refractivity contribution in [2.24, 2.45) is 5.92 Å². The van der Waals surface area contributed by atoms with Crippen LogP contribution in [0.1, 0.15) is 92.8 Å². The minimum Gasteiger partial charge on any atom is -0.309 e. The molecule has 0 saturated heterocycles. The lowest BCUT2D eigenvalue weighted by molar-refractivity contribution is 0.318. The Hall–Kier alpha value is -0.410. The summed E-state index contributed by atoms with van der Waals surface area (Å²) < 4.78 is 0. The van der Waals surface area contributed by atoms with E-state index in [-0.39, 0.29) is 0 Å². The molecule has 0 aromatic carbocycles. The highest BCUT2D eigenvalue weighted by Crippen LogP contribution is 2.42. The van der Waals surface area contributed by atoms with Crippen LogP contribution in [-0.4, -0.2) is 11.5 Å². The summed E-state index contributed by atoms with van der Waals surface area (Å²) in [5.41, 5.74) is 1.41. The van der Waals surface area contributed by atoms with Gasteiger partial charge in [-0.3, -0.25) is 0 Å². The van der Waals surface area contributed by atoms with Crippen LogP contribution in [0.2, 0.25) is 0 Å². The molecule has 0 spiro atoms.